The standard InChI is InChI=1S/C21H19ClN4O2/c1-2-23-21(28)26-19-12-17(14-7-4-3-5-8-14)18(13-24-19)20(27)25-16-10-6-9-15(22)11-16/h3-13H,2H2,1H3,(H,25,27)(H2,23,24,26,28). The maximum atomic E-state index is 12.9. The van der Waals surface area contributed by atoms with Crippen LogP contribution in [-0.4, -0.2) is 23.5 Å². The lowest BCUT2D eigenvalue weighted by Crippen LogP contribution is -2.28. The highest BCUT2D eigenvalue weighted by atomic mass is 35.5. The van der Waals surface area contributed by atoms with E-state index in [0.29, 0.717) is 34.2 Å². The zero-order valence-electron chi connectivity index (χ0n) is 15.2. The van der Waals surface area contributed by atoms with Crippen LogP contribution in [0.5, 0.6) is 0 Å². The van der Waals surface area contributed by atoms with Crippen molar-refractivity contribution < 1.29 is 9.59 Å². The van der Waals surface area contributed by atoms with Crippen molar-refractivity contribution in [2.75, 3.05) is 17.2 Å². The summed E-state index contributed by atoms with van der Waals surface area (Å²) >= 11 is 5.99. The molecule has 2 aromatic carbocycles. The van der Waals surface area contributed by atoms with Gasteiger partial charge in [-0.1, -0.05) is 48.0 Å². The van der Waals surface area contributed by atoms with Gasteiger partial charge in [-0.2, -0.15) is 0 Å². The molecule has 142 valence electrons. The number of nitrogens with one attached hydrogen (secondary N) is 3. The van der Waals surface area contributed by atoms with Gasteiger partial charge in [0.2, 0.25) is 0 Å². The Morgan fingerprint density at radius 1 is 1.00 bits per heavy atom. The number of anilines is 2. The molecular formula is C21H19ClN4O2. The lowest BCUT2D eigenvalue weighted by atomic mass is 10.0. The molecule has 1 aromatic heterocycles. The highest BCUT2D eigenvalue weighted by Gasteiger charge is 2.16. The van der Waals surface area contributed by atoms with Crippen molar-refractivity contribution in [2.45, 2.75) is 6.92 Å². The Balaban J connectivity index is 1.95. The summed E-state index contributed by atoms with van der Waals surface area (Å²) in [6.45, 7) is 2.32. The molecule has 0 saturated heterocycles. The minimum atomic E-state index is -0.356. The van der Waals surface area contributed by atoms with E-state index >= 15 is 0 Å². The number of halogens is 1. The van der Waals surface area contributed by atoms with Crippen molar-refractivity contribution in [3.63, 3.8) is 0 Å². The summed E-state index contributed by atoms with van der Waals surface area (Å²) in [6, 6.07) is 17.7. The van der Waals surface area contributed by atoms with Crippen LogP contribution in [0.3, 0.4) is 0 Å². The molecule has 3 aromatic rings. The number of rotatable bonds is 5. The topological polar surface area (TPSA) is 83.1 Å². The Hall–Kier alpha value is -3.38. The number of carbonyl (C=O) groups is 2. The number of benzene rings is 2. The van der Waals surface area contributed by atoms with Gasteiger partial charge in [0.1, 0.15) is 5.82 Å². The van der Waals surface area contributed by atoms with Gasteiger partial charge in [0.15, 0.2) is 0 Å². The van der Waals surface area contributed by atoms with E-state index in [1.54, 1.807) is 30.3 Å². The predicted molar refractivity (Wildman–Crippen MR) is 112 cm³/mol. The second kappa shape index (κ2) is 9.01. The van der Waals surface area contributed by atoms with E-state index in [2.05, 4.69) is 20.9 Å². The fraction of sp³-hybridized carbons (Fsp3) is 0.0952. The Morgan fingerprint density at radius 3 is 2.50 bits per heavy atom. The van der Waals surface area contributed by atoms with Crippen LogP contribution in [0.15, 0.2) is 66.9 Å². The minimum Gasteiger partial charge on any atom is -0.338 e. The Kier molecular flexibility index (Phi) is 6.24. The van der Waals surface area contributed by atoms with E-state index < -0.39 is 0 Å². The first-order valence-corrected chi connectivity index (χ1v) is 9.12. The number of hydrogen-bond donors (Lipinski definition) is 3. The van der Waals surface area contributed by atoms with E-state index in [-0.39, 0.29) is 11.9 Å². The maximum Gasteiger partial charge on any atom is 0.320 e. The lowest BCUT2D eigenvalue weighted by molar-refractivity contribution is 0.102. The van der Waals surface area contributed by atoms with E-state index in [1.807, 2.05) is 37.3 Å². The van der Waals surface area contributed by atoms with Crippen LogP contribution in [0.2, 0.25) is 5.02 Å². The fourth-order valence-corrected chi connectivity index (χ4v) is 2.84. The van der Waals surface area contributed by atoms with Crippen LogP contribution < -0.4 is 16.0 Å². The quantitative estimate of drug-likeness (QED) is 0.581. The van der Waals surface area contributed by atoms with Crippen LogP contribution in [0.25, 0.3) is 11.1 Å². The lowest BCUT2D eigenvalue weighted by Gasteiger charge is -2.13. The number of amides is 3. The summed E-state index contributed by atoms with van der Waals surface area (Å²) in [6.07, 6.45) is 1.45. The Bertz CT molecular complexity index is 993. The molecule has 0 spiro atoms. The van der Waals surface area contributed by atoms with Gasteiger partial charge >= 0.3 is 6.03 Å². The summed E-state index contributed by atoms with van der Waals surface area (Å²) in [5.74, 6) is 0.0299. The number of pyridine rings is 1. The molecule has 0 aliphatic heterocycles. The summed E-state index contributed by atoms with van der Waals surface area (Å²) < 4.78 is 0. The molecule has 3 amide bonds. The molecule has 3 rings (SSSR count). The SMILES string of the molecule is CCNC(=O)Nc1cc(-c2ccccc2)c(C(=O)Nc2cccc(Cl)c2)cn1. The molecule has 0 unspecified atom stereocenters. The third kappa shape index (κ3) is 4.86. The van der Waals surface area contributed by atoms with E-state index in [0.717, 1.165) is 5.56 Å². The number of aromatic nitrogens is 1. The van der Waals surface area contributed by atoms with Gasteiger partial charge in [-0.3, -0.25) is 10.1 Å². The molecule has 0 radical (unpaired) electrons. The number of nitrogens with zero attached hydrogens (tertiary/aromatic N) is 1. The van der Waals surface area contributed by atoms with Gasteiger partial charge in [-0.15, -0.1) is 0 Å². The van der Waals surface area contributed by atoms with Crippen LogP contribution in [0, 0.1) is 0 Å². The van der Waals surface area contributed by atoms with Crippen LogP contribution in [0.4, 0.5) is 16.3 Å². The van der Waals surface area contributed by atoms with Crippen LogP contribution in [0.1, 0.15) is 17.3 Å². The number of urea groups is 1. The predicted octanol–water partition coefficient (Wildman–Crippen LogP) is 4.80. The Morgan fingerprint density at radius 2 is 1.79 bits per heavy atom. The third-order valence-electron chi connectivity index (χ3n) is 3.89. The van der Waals surface area contributed by atoms with Gasteiger partial charge in [0.25, 0.3) is 5.91 Å². The van der Waals surface area contributed by atoms with Crippen molar-refractivity contribution in [3.8, 4) is 11.1 Å². The van der Waals surface area contributed by atoms with Crippen molar-refractivity contribution in [3.05, 3.63) is 77.4 Å². The smallest absolute Gasteiger partial charge is 0.320 e. The third-order valence-corrected chi connectivity index (χ3v) is 4.13. The average Bonchev–Trinajstić information content (AvgIpc) is 2.69. The molecule has 28 heavy (non-hydrogen) atoms. The van der Waals surface area contributed by atoms with Gasteiger partial charge in [0, 0.05) is 23.5 Å². The van der Waals surface area contributed by atoms with Gasteiger partial charge in [-0.05, 0) is 42.3 Å². The Labute approximate surface area is 168 Å². The monoisotopic (exact) mass is 394 g/mol. The van der Waals surface area contributed by atoms with E-state index in [9.17, 15) is 9.59 Å². The highest BCUT2D eigenvalue weighted by molar-refractivity contribution is 6.31. The molecule has 0 bridgehead atoms. The molecule has 7 heteroatoms. The largest absolute Gasteiger partial charge is 0.338 e. The van der Waals surface area contributed by atoms with Crippen molar-refractivity contribution in [2.24, 2.45) is 0 Å². The van der Waals surface area contributed by atoms with E-state index in [1.165, 1.54) is 6.20 Å². The van der Waals surface area contributed by atoms with Gasteiger partial charge < -0.3 is 10.6 Å². The summed E-state index contributed by atoms with van der Waals surface area (Å²) in [5, 5.41) is 8.67. The zero-order chi connectivity index (χ0) is 19.9. The first kappa shape index (κ1) is 19.4. The van der Waals surface area contributed by atoms with Gasteiger partial charge in [-0.25, -0.2) is 9.78 Å². The molecule has 0 saturated carbocycles. The van der Waals surface area contributed by atoms with Crippen molar-refractivity contribution >= 4 is 35.0 Å². The molecule has 3 N–H and O–H groups in total. The van der Waals surface area contributed by atoms with Crippen molar-refractivity contribution in [1.82, 2.24) is 10.3 Å². The summed E-state index contributed by atoms with van der Waals surface area (Å²) in [7, 11) is 0. The first-order valence-electron chi connectivity index (χ1n) is 8.74. The summed E-state index contributed by atoms with van der Waals surface area (Å²) in [5.41, 5.74) is 2.45. The molecule has 0 aliphatic rings. The second-order valence-electron chi connectivity index (χ2n) is 5.93. The maximum absolute atomic E-state index is 12.9. The normalized spacial score (nSPS) is 10.2. The molecule has 1 heterocycles. The molecule has 6 nitrogen and oxygen atoms in total. The average molecular weight is 395 g/mol. The molecule has 0 aliphatic carbocycles. The fourth-order valence-electron chi connectivity index (χ4n) is 2.65. The van der Waals surface area contributed by atoms with Crippen LogP contribution >= 0.6 is 11.6 Å². The molecule has 0 atom stereocenters. The van der Waals surface area contributed by atoms with Gasteiger partial charge in [0.05, 0.1) is 5.56 Å². The zero-order valence-corrected chi connectivity index (χ0v) is 16.0. The first-order chi connectivity index (χ1) is 13.6. The molecular weight excluding hydrogens is 376 g/mol. The molecule has 0 fully saturated rings. The second-order valence-corrected chi connectivity index (χ2v) is 6.37. The number of carbonyl (C=O) groups excluding carboxylic acids is 2. The minimum absolute atomic E-state index is 0.321. The highest BCUT2D eigenvalue weighted by Crippen LogP contribution is 2.27. The van der Waals surface area contributed by atoms with Crippen LogP contribution in [-0.2, 0) is 0 Å². The van der Waals surface area contributed by atoms with Crippen molar-refractivity contribution in [1.29, 1.82) is 0 Å². The summed E-state index contributed by atoms with van der Waals surface area (Å²) in [4.78, 5) is 28.9. The number of hydrogen-bond acceptors (Lipinski definition) is 3. The van der Waals surface area contributed by atoms with E-state index in [4.69, 9.17) is 11.6 Å².